The molecule has 0 aliphatic carbocycles. The zero-order valence-corrected chi connectivity index (χ0v) is 16.6. The van der Waals surface area contributed by atoms with Crippen LogP contribution in [0.4, 0.5) is 0 Å². The third-order valence-corrected chi connectivity index (χ3v) is 4.45. The standard InChI is InChI=1S/C21H20N6O3/c1-3-18-25-21(30-26-18)15-7-8-19(22-11-15)27-12-17(24-13-27)20(28)23-10-14-5-4-6-16(9-14)29-2/h4-9,11-13H,3,10H2,1-2H3,(H,23,28). The molecule has 30 heavy (non-hydrogen) atoms. The number of hydrogen-bond donors (Lipinski definition) is 1. The SMILES string of the molecule is CCc1noc(-c2ccc(-n3cnc(C(=O)NCc4cccc(OC)c4)c3)nc2)n1. The summed E-state index contributed by atoms with van der Waals surface area (Å²) < 4.78 is 12.1. The predicted octanol–water partition coefficient (Wildman–Crippen LogP) is 2.82. The highest BCUT2D eigenvalue weighted by atomic mass is 16.5. The van der Waals surface area contributed by atoms with E-state index < -0.39 is 0 Å². The molecule has 1 N–H and O–H groups in total. The molecule has 0 atom stereocenters. The zero-order chi connectivity index (χ0) is 20.9. The molecule has 0 unspecified atom stereocenters. The molecule has 0 saturated carbocycles. The molecule has 1 amide bonds. The number of aromatic nitrogens is 5. The monoisotopic (exact) mass is 404 g/mol. The molecular formula is C21H20N6O3. The van der Waals surface area contributed by atoms with E-state index in [4.69, 9.17) is 9.26 Å². The number of carbonyl (C=O) groups is 1. The average Bonchev–Trinajstić information content (AvgIpc) is 3.48. The molecule has 0 aliphatic heterocycles. The summed E-state index contributed by atoms with van der Waals surface area (Å²) in [6.45, 7) is 2.33. The van der Waals surface area contributed by atoms with Crippen molar-refractivity contribution in [1.82, 2.24) is 30.0 Å². The van der Waals surface area contributed by atoms with E-state index in [2.05, 4.69) is 25.4 Å². The number of rotatable bonds is 7. The predicted molar refractivity (Wildman–Crippen MR) is 108 cm³/mol. The second kappa shape index (κ2) is 8.56. The van der Waals surface area contributed by atoms with Crippen molar-refractivity contribution in [1.29, 1.82) is 0 Å². The first-order valence-corrected chi connectivity index (χ1v) is 9.40. The largest absolute Gasteiger partial charge is 0.497 e. The van der Waals surface area contributed by atoms with Gasteiger partial charge in [0, 0.05) is 25.4 Å². The van der Waals surface area contributed by atoms with Crippen molar-refractivity contribution in [2.45, 2.75) is 19.9 Å². The lowest BCUT2D eigenvalue weighted by molar-refractivity contribution is 0.0946. The highest BCUT2D eigenvalue weighted by molar-refractivity contribution is 5.92. The Labute approximate surface area is 172 Å². The molecule has 0 spiro atoms. The van der Waals surface area contributed by atoms with E-state index in [1.54, 1.807) is 36.5 Å². The molecule has 152 valence electrons. The van der Waals surface area contributed by atoms with Crippen molar-refractivity contribution < 1.29 is 14.1 Å². The Morgan fingerprint density at radius 3 is 2.87 bits per heavy atom. The average molecular weight is 404 g/mol. The van der Waals surface area contributed by atoms with Gasteiger partial charge in [0.25, 0.3) is 11.8 Å². The van der Waals surface area contributed by atoms with Gasteiger partial charge >= 0.3 is 0 Å². The molecule has 4 aromatic rings. The van der Waals surface area contributed by atoms with Crippen molar-refractivity contribution >= 4 is 5.91 Å². The molecule has 3 heterocycles. The fourth-order valence-corrected chi connectivity index (χ4v) is 2.80. The molecule has 9 heteroatoms. The molecule has 0 radical (unpaired) electrons. The quantitative estimate of drug-likeness (QED) is 0.504. The molecule has 0 bridgehead atoms. The van der Waals surface area contributed by atoms with Crippen LogP contribution in [0.15, 0.2) is 59.6 Å². The van der Waals surface area contributed by atoms with Gasteiger partial charge < -0.3 is 14.6 Å². The normalized spacial score (nSPS) is 10.7. The molecule has 9 nitrogen and oxygen atoms in total. The van der Waals surface area contributed by atoms with Crippen LogP contribution in [0.1, 0.15) is 28.8 Å². The van der Waals surface area contributed by atoms with Crippen LogP contribution >= 0.6 is 0 Å². The van der Waals surface area contributed by atoms with Crippen molar-refractivity contribution in [3.8, 4) is 23.0 Å². The van der Waals surface area contributed by atoms with Gasteiger partial charge in [-0.25, -0.2) is 9.97 Å². The molecule has 0 fully saturated rings. The minimum atomic E-state index is -0.272. The molecule has 0 saturated heterocycles. The van der Waals surface area contributed by atoms with Gasteiger partial charge in [-0.2, -0.15) is 4.98 Å². The maximum absolute atomic E-state index is 12.4. The van der Waals surface area contributed by atoms with E-state index >= 15 is 0 Å². The summed E-state index contributed by atoms with van der Waals surface area (Å²) in [5.41, 5.74) is 1.96. The molecular weight excluding hydrogens is 384 g/mol. The van der Waals surface area contributed by atoms with Gasteiger partial charge in [-0.1, -0.05) is 24.2 Å². The summed E-state index contributed by atoms with van der Waals surface area (Å²) in [6.07, 6.45) is 5.52. The maximum Gasteiger partial charge on any atom is 0.271 e. The molecule has 4 rings (SSSR count). The smallest absolute Gasteiger partial charge is 0.271 e. The minimum Gasteiger partial charge on any atom is -0.497 e. The van der Waals surface area contributed by atoms with Crippen LogP contribution in [0.3, 0.4) is 0 Å². The van der Waals surface area contributed by atoms with Gasteiger partial charge in [0.05, 0.1) is 12.7 Å². The Bertz CT molecular complexity index is 1150. The van der Waals surface area contributed by atoms with Crippen LogP contribution < -0.4 is 10.1 Å². The number of benzene rings is 1. The number of hydrogen-bond acceptors (Lipinski definition) is 7. The lowest BCUT2D eigenvalue weighted by Crippen LogP contribution is -2.23. The van der Waals surface area contributed by atoms with Crippen LogP contribution in [0.2, 0.25) is 0 Å². The summed E-state index contributed by atoms with van der Waals surface area (Å²) in [4.78, 5) is 25.3. The van der Waals surface area contributed by atoms with Crippen LogP contribution in [0.25, 0.3) is 17.3 Å². The highest BCUT2D eigenvalue weighted by Gasteiger charge is 2.12. The molecule has 1 aromatic carbocycles. The first kappa shape index (κ1) is 19.3. The van der Waals surface area contributed by atoms with Crippen molar-refractivity contribution in [2.75, 3.05) is 7.11 Å². The van der Waals surface area contributed by atoms with Crippen LogP contribution in [0, 0.1) is 0 Å². The van der Waals surface area contributed by atoms with Gasteiger partial charge in [-0.15, -0.1) is 0 Å². The lowest BCUT2D eigenvalue weighted by Gasteiger charge is -2.05. The number of carbonyl (C=O) groups excluding carboxylic acids is 1. The number of methoxy groups -OCH3 is 1. The van der Waals surface area contributed by atoms with E-state index in [1.165, 1.54) is 0 Å². The second-order valence-corrected chi connectivity index (χ2v) is 6.47. The summed E-state index contributed by atoms with van der Waals surface area (Å²) in [5.74, 6) is 2.16. The summed E-state index contributed by atoms with van der Waals surface area (Å²) in [7, 11) is 1.61. The van der Waals surface area contributed by atoms with Crippen LogP contribution in [0.5, 0.6) is 5.75 Å². The zero-order valence-electron chi connectivity index (χ0n) is 16.6. The van der Waals surface area contributed by atoms with Gasteiger partial charge in [0.1, 0.15) is 23.6 Å². The van der Waals surface area contributed by atoms with Crippen molar-refractivity contribution in [3.05, 3.63) is 72.2 Å². The highest BCUT2D eigenvalue weighted by Crippen LogP contribution is 2.18. The Balaban J connectivity index is 1.42. The number of amides is 1. The second-order valence-electron chi connectivity index (χ2n) is 6.47. The summed E-state index contributed by atoms with van der Waals surface area (Å²) >= 11 is 0. The fraction of sp³-hybridized carbons (Fsp3) is 0.190. The number of imidazole rings is 1. The molecule has 0 aliphatic rings. The lowest BCUT2D eigenvalue weighted by atomic mass is 10.2. The molecule has 3 aromatic heterocycles. The summed E-state index contributed by atoms with van der Waals surface area (Å²) in [6, 6.07) is 11.1. The van der Waals surface area contributed by atoms with Gasteiger partial charge in [-0.3, -0.25) is 9.36 Å². The van der Waals surface area contributed by atoms with Gasteiger partial charge in [0.15, 0.2) is 5.82 Å². The van der Waals surface area contributed by atoms with Crippen LogP contribution in [-0.4, -0.2) is 37.7 Å². The number of pyridine rings is 1. The van der Waals surface area contributed by atoms with Crippen molar-refractivity contribution in [3.63, 3.8) is 0 Å². The van der Waals surface area contributed by atoms with E-state index in [0.29, 0.717) is 36.2 Å². The first-order chi connectivity index (χ1) is 14.7. The fourth-order valence-electron chi connectivity index (χ4n) is 2.80. The van der Waals surface area contributed by atoms with E-state index in [0.717, 1.165) is 16.9 Å². The van der Waals surface area contributed by atoms with Crippen LogP contribution in [-0.2, 0) is 13.0 Å². The van der Waals surface area contributed by atoms with Gasteiger partial charge in [0.2, 0.25) is 0 Å². The Morgan fingerprint density at radius 1 is 1.23 bits per heavy atom. The Kier molecular flexibility index (Phi) is 5.51. The van der Waals surface area contributed by atoms with Gasteiger partial charge in [-0.05, 0) is 29.8 Å². The third-order valence-electron chi connectivity index (χ3n) is 4.45. The topological polar surface area (TPSA) is 108 Å². The number of ether oxygens (including phenoxy) is 1. The van der Waals surface area contributed by atoms with E-state index in [1.807, 2.05) is 37.3 Å². The summed E-state index contributed by atoms with van der Waals surface area (Å²) in [5, 5.41) is 6.73. The number of aryl methyl sites for hydroxylation is 1. The minimum absolute atomic E-state index is 0.272. The number of nitrogens with one attached hydrogen (secondary N) is 1. The number of nitrogens with zero attached hydrogens (tertiary/aromatic N) is 5. The van der Waals surface area contributed by atoms with E-state index in [9.17, 15) is 4.79 Å². The first-order valence-electron chi connectivity index (χ1n) is 9.40. The Hall–Kier alpha value is -4.01. The van der Waals surface area contributed by atoms with E-state index in [-0.39, 0.29) is 5.91 Å². The van der Waals surface area contributed by atoms with Crippen molar-refractivity contribution in [2.24, 2.45) is 0 Å². The Morgan fingerprint density at radius 2 is 2.13 bits per heavy atom. The third kappa shape index (κ3) is 4.19. The maximum atomic E-state index is 12.4.